The Morgan fingerprint density at radius 1 is 1.24 bits per heavy atom. The number of hydrogen-bond acceptors (Lipinski definition) is 2. The summed E-state index contributed by atoms with van der Waals surface area (Å²) in [6, 6.07) is 11.3. The number of rotatable bonds is 4. The van der Waals surface area contributed by atoms with E-state index in [1.165, 1.54) is 25.1 Å². The second-order valence-corrected chi connectivity index (χ2v) is 10.3. The summed E-state index contributed by atoms with van der Waals surface area (Å²) in [6.07, 6.45) is 2.55. The topological polar surface area (TPSA) is 12.5 Å². The third kappa shape index (κ3) is 3.58. The molecule has 1 atom stereocenters. The van der Waals surface area contributed by atoms with Gasteiger partial charge in [0.25, 0.3) is 0 Å². The second kappa shape index (κ2) is 5.23. The number of anilines is 1. The smallest absolute Gasteiger partial charge is 0.183 e. The van der Waals surface area contributed by atoms with E-state index in [-0.39, 0.29) is 0 Å². The zero-order valence-corrected chi connectivity index (χ0v) is 12.1. The highest BCUT2D eigenvalue weighted by Crippen LogP contribution is 2.25. The van der Waals surface area contributed by atoms with Gasteiger partial charge in [0.05, 0.1) is 12.6 Å². The first-order valence-corrected chi connectivity index (χ1v) is 9.93. The molecule has 1 aliphatic heterocycles. The molecule has 0 radical (unpaired) electrons. The van der Waals surface area contributed by atoms with Crippen LogP contribution in [0, 0.1) is 0 Å². The molecule has 1 aromatic carbocycles. The van der Waals surface area contributed by atoms with Crippen molar-refractivity contribution in [2.24, 2.45) is 0 Å². The van der Waals surface area contributed by atoms with Crippen molar-refractivity contribution in [3.63, 3.8) is 0 Å². The molecule has 2 rings (SSSR count). The van der Waals surface area contributed by atoms with Crippen LogP contribution in [0.3, 0.4) is 0 Å². The molecule has 0 amide bonds. The molecule has 94 valence electrons. The Morgan fingerprint density at radius 3 is 2.59 bits per heavy atom. The Balaban J connectivity index is 1.98. The Kier molecular flexibility index (Phi) is 3.89. The summed E-state index contributed by atoms with van der Waals surface area (Å²) < 4.78 is 6.06. The van der Waals surface area contributed by atoms with Crippen molar-refractivity contribution in [3.05, 3.63) is 30.3 Å². The Labute approximate surface area is 106 Å². The molecule has 1 fully saturated rings. The molecule has 1 aromatic rings. The Hall–Kier alpha value is -0.803. The predicted octanol–water partition coefficient (Wildman–Crippen LogP) is 3.51. The second-order valence-electron chi connectivity index (χ2n) is 5.75. The molecule has 1 aliphatic rings. The molecular formula is C14H23NOSi. The molecule has 2 nitrogen and oxygen atoms in total. The van der Waals surface area contributed by atoms with E-state index < -0.39 is 8.32 Å². The van der Waals surface area contributed by atoms with Crippen LogP contribution in [-0.4, -0.2) is 27.5 Å². The van der Waals surface area contributed by atoms with E-state index in [0.717, 1.165) is 6.61 Å². The maximum absolute atomic E-state index is 6.06. The van der Waals surface area contributed by atoms with Crippen LogP contribution < -0.4 is 4.90 Å². The molecular weight excluding hydrogens is 226 g/mol. The van der Waals surface area contributed by atoms with Crippen LogP contribution in [0.25, 0.3) is 0 Å². The average molecular weight is 249 g/mol. The number of nitrogens with zero attached hydrogens (tertiary/aromatic N) is 1. The fourth-order valence-corrected chi connectivity index (χ4v) is 3.01. The molecule has 0 aromatic heterocycles. The summed E-state index contributed by atoms with van der Waals surface area (Å²) in [7, 11) is -1.38. The molecule has 1 saturated heterocycles. The highest BCUT2D eigenvalue weighted by molar-refractivity contribution is 6.69. The van der Waals surface area contributed by atoms with Gasteiger partial charge in [-0.1, -0.05) is 18.2 Å². The van der Waals surface area contributed by atoms with Crippen LogP contribution in [0.2, 0.25) is 19.6 Å². The number of hydrogen-bond donors (Lipinski definition) is 0. The van der Waals surface area contributed by atoms with Gasteiger partial charge in [-0.2, -0.15) is 0 Å². The lowest BCUT2D eigenvalue weighted by molar-refractivity contribution is 0.282. The van der Waals surface area contributed by atoms with Gasteiger partial charge < -0.3 is 9.33 Å². The van der Waals surface area contributed by atoms with Crippen LogP contribution in [0.15, 0.2) is 30.3 Å². The van der Waals surface area contributed by atoms with Gasteiger partial charge in [-0.3, -0.25) is 0 Å². The Bertz CT molecular complexity index is 347. The summed E-state index contributed by atoms with van der Waals surface area (Å²) in [5.41, 5.74) is 1.34. The zero-order valence-electron chi connectivity index (χ0n) is 11.1. The first-order valence-electron chi connectivity index (χ1n) is 6.52. The summed E-state index contributed by atoms with van der Waals surface area (Å²) in [4.78, 5) is 2.50. The van der Waals surface area contributed by atoms with E-state index in [2.05, 4.69) is 54.9 Å². The van der Waals surface area contributed by atoms with Crippen molar-refractivity contribution in [1.29, 1.82) is 0 Å². The van der Waals surface area contributed by atoms with Crippen LogP contribution >= 0.6 is 0 Å². The summed E-state index contributed by atoms with van der Waals surface area (Å²) >= 11 is 0. The summed E-state index contributed by atoms with van der Waals surface area (Å²) in [6.45, 7) is 8.84. The van der Waals surface area contributed by atoms with Gasteiger partial charge in [0.1, 0.15) is 0 Å². The highest BCUT2D eigenvalue weighted by atomic mass is 28.4. The van der Waals surface area contributed by atoms with E-state index in [4.69, 9.17) is 4.43 Å². The molecule has 0 unspecified atom stereocenters. The van der Waals surface area contributed by atoms with Crippen molar-refractivity contribution in [3.8, 4) is 0 Å². The van der Waals surface area contributed by atoms with E-state index in [1.54, 1.807) is 0 Å². The minimum absolute atomic E-state index is 0.573. The summed E-state index contributed by atoms with van der Waals surface area (Å²) in [5.74, 6) is 0. The van der Waals surface area contributed by atoms with Gasteiger partial charge in [0, 0.05) is 12.2 Å². The lowest BCUT2D eigenvalue weighted by atomic mass is 10.2. The molecule has 0 N–H and O–H groups in total. The lowest BCUT2D eigenvalue weighted by Gasteiger charge is -2.29. The van der Waals surface area contributed by atoms with Gasteiger partial charge in [-0.15, -0.1) is 0 Å². The van der Waals surface area contributed by atoms with E-state index in [1.807, 2.05) is 0 Å². The standard InChI is InChI=1S/C14H23NOSi/c1-17(2,3)16-12-14-10-7-11-15(14)13-8-5-4-6-9-13/h4-6,8-9,14H,7,10-12H2,1-3H3/t14-/m0/s1. The minimum atomic E-state index is -1.38. The third-order valence-electron chi connectivity index (χ3n) is 3.17. The van der Waals surface area contributed by atoms with Crippen LogP contribution in [0.1, 0.15) is 12.8 Å². The lowest BCUT2D eigenvalue weighted by Crippen LogP contribution is -2.37. The summed E-state index contributed by atoms with van der Waals surface area (Å²) in [5, 5.41) is 0. The minimum Gasteiger partial charge on any atom is -0.416 e. The van der Waals surface area contributed by atoms with Crippen molar-refractivity contribution >= 4 is 14.0 Å². The van der Waals surface area contributed by atoms with Crippen LogP contribution in [0.4, 0.5) is 5.69 Å². The van der Waals surface area contributed by atoms with Crippen LogP contribution in [-0.2, 0) is 4.43 Å². The first kappa shape index (κ1) is 12.6. The fraction of sp³-hybridized carbons (Fsp3) is 0.571. The molecule has 17 heavy (non-hydrogen) atoms. The quantitative estimate of drug-likeness (QED) is 0.757. The largest absolute Gasteiger partial charge is 0.416 e. The predicted molar refractivity (Wildman–Crippen MR) is 76.1 cm³/mol. The normalized spacial score (nSPS) is 20.9. The van der Waals surface area contributed by atoms with Gasteiger partial charge >= 0.3 is 0 Å². The van der Waals surface area contributed by atoms with Crippen LogP contribution in [0.5, 0.6) is 0 Å². The van der Waals surface area contributed by atoms with Gasteiger partial charge in [-0.05, 0) is 44.6 Å². The van der Waals surface area contributed by atoms with Crippen molar-refractivity contribution in [2.45, 2.75) is 38.5 Å². The van der Waals surface area contributed by atoms with Crippen molar-refractivity contribution in [1.82, 2.24) is 0 Å². The fourth-order valence-electron chi connectivity index (χ4n) is 2.31. The van der Waals surface area contributed by atoms with Crippen molar-refractivity contribution in [2.75, 3.05) is 18.1 Å². The van der Waals surface area contributed by atoms with Gasteiger partial charge in [-0.25, -0.2) is 0 Å². The van der Waals surface area contributed by atoms with E-state index in [0.29, 0.717) is 6.04 Å². The maximum atomic E-state index is 6.06. The first-order chi connectivity index (χ1) is 8.06. The van der Waals surface area contributed by atoms with Gasteiger partial charge in [0.2, 0.25) is 0 Å². The molecule has 3 heteroatoms. The number of para-hydroxylation sites is 1. The average Bonchev–Trinajstić information content (AvgIpc) is 2.75. The molecule has 0 aliphatic carbocycles. The molecule has 0 bridgehead atoms. The molecule has 0 spiro atoms. The highest BCUT2D eigenvalue weighted by Gasteiger charge is 2.26. The zero-order chi connectivity index (χ0) is 12.3. The van der Waals surface area contributed by atoms with Crippen molar-refractivity contribution < 1.29 is 4.43 Å². The maximum Gasteiger partial charge on any atom is 0.183 e. The Morgan fingerprint density at radius 2 is 1.94 bits per heavy atom. The molecule has 1 heterocycles. The van der Waals surface area contributed by atoms with Gasteiger partial charge in [0.15, 0.2) is 8.32 Å². The SMILES string of the molecule is C[Si](C)(C)OC[C@@H]1CCCN1c1ccccc1. The monoisotopic (exact) mass is 249 g/mol. The number of benzene rings is 1. The van der Waals surface area contributed by atoms with E-state index in [9.17, 15) is 0 Å². The van der Waals surface area contributed by atoms with E-state index >= 15 is 0 Å². The molecule has 0 saturated carbocycles. The third-order valence-corrected chi connectivity index (χ3v) is 4.21.